The Labute approximate surface area is 127 Å². The minimum Gasteiger partial charge on any atom is -0.336 e. The van der Waals surface area contributed by atoms with Crippen LogP contribution in [0.4, 0.5) is 0 Å². The lowest BCUT2D eigenvalue weighted by Gasteiger charge is -2.43. The minimum atomic E-state index is 0.00951. The number of nitrogens with two attached hydrogens (primary N) is 1. The molecule has 4 nitrogen and oxygen atoms in total. The van der Waals surface area contributed by atoms with Gasteiger partial charge in [0, 0.05) is 43.8 Å². The standard InChI is InChI=1S/C17H27N3O/c1-13-5-6-15(11-14(13)2)16(21)19-7-9-20(10-8-19)17(3,4)12-18/h5-6,11H,7-10,12,18H2,1-4H3. The number of hydrogen-bond donors (Lipinski definition) is 1. The van der Waals surface area contributed by atoms with Gasteiger partial charge in [-0.15, -0.1) is 0 Å². The Morgan fingerprint density at radius 3 is 2.29 bits per heavy atom. The molecular weight excluding hydrogens is 262 g/mol. The molecule has 21 heavy (non-hydrogen) atoms. The summed E-state index contributed by atoms with van der Waals surface area (Å²) in [6.07, 6.45) is 0. The first kappa shape index (κ1) is 16.0. The molecule has 0 unspecified atom stereocenters. The van der Waals surface area contributed by atoms with E-state index in [1.54, 1.807) is 0 Å². The molecule has 1 aliphatic heterocycles. The third-order valence-electron chi connectivity index (χ3n) is 4.68. The first-order valence-electron chi connectivity index (χ1n) is 7.67. The number of piperazine rings is 1. The fourth-order valence-corrected chi connectivity index (χ4v) is 2.70. The number of aryl methyl sites for hydroxylation is 2. The van der Waals surface area contributed by atoms with Gasteiger partial charge in [0.2, 0.25) is 0 Å². The van der Waals surface area contributed by atoms with Crippen LogP contribution in [0, 0.1) is 13.8 Å². The summed E-state index contributed by atoms with van der Waals surface area (Å²) < 4.78 is 0. The smallest absolute Gasteiger partial charge is 0.253 e. The fourth-order valence-electron chi connectivity index (χ4n) is 2.70. The average molecular weight is 289 g/mol. The third-order valence-corrected chi connectivity index (χ3v) is 4.68. The summed E-state index contributed by atoms with van der Waals surface area (Å²) in [6.45, 7) is 12.4. The minimum absolute atomic E-state index is 0.00951. The number of rotatable bonds is 3. The van der Waals surface area contributed by atoms with Crippen LogP contribution in [-0.4, -0.2) is 54.0 Å². The van der Waals surface area contributed by atoms with Crippen LogP contribution >= 0.6 is 0 Å². The number of amides is 1. The molecule has 1 aromatic rings. The van der Waals surface area contributed by atoms with Gasteiger partial charge in [-0.05, 0) is 51.0 Å². The van der Waals surface area contributed by atoms with Crippen molar-refractivity contribution in [1.82, 2.24) is 9.80 Å². The van der Waals surface area contributed by atoms with Gasteiger partial charge in [-0.25, -0.2) is 0 Å². The van der Waals surface area contributed by atoms with Gasteiger partial charge in [-0.2, -0.15) is 0 Å². The average Bonchev–Trinajstić information content (AvgIpc) is 2.49. The van der Waals surface area contributed by atoms with E-state index in [-0.39, 0.29) is 11.4 Å². The van der Waals surface area contributed by atoms with E-state index in [2.05, 4.69) is 25.7 Å². The van der Waals surface area contributed by atoms with Crippen molar-refractivity contribution in [1.29, 1.82) is 0 Å². The highest BCUT2D eigenvalue weighted by Gasteiger charge is 2.30. The van der Waals surface area contributed by atoms with Crippen molar-refractivity contribution in [2.24, 2.45) is 5.73 Å². The van der Waals surface area contributed by atoms with Gasteiger partial charge < -0.3 is 10.6 Å². The second-order valence-electron chi connectivity index (χ2n) is 6.59. The van der Waals surface area contributed by atoms with Crippen molar-refractivity contribution < 1.29 is 4.79 Å². The first-order valence-corrected chi connectivity index (χ1v) is 7.67. The maximum Gasteiger partial charge on any atom is 0.253 e. The number of benzene rings is 1. The summed E-state index contributed by atoms with van der Waals surface area (Å²) in [5.41, 5.74) is 9.03. The van der Waals surface area contributed by atoms with Crippen LogP contribution in [0.5, 0.6) is 0 Å². The Morgan fingerprint density at radius 1 is 1.14 bits per heavy atom. The Balaban J connectivity index is 2.02. The summed E-state index contributed by atoms with van der Waals surface area (Å²) in [7, 11) is 0. The van der Waals surface area contributed by atoms with E-state index < -0.39 is 0 Å². The zero-order chi connectivity index (χ0) is 15.6. The van der Waals surface area contributed by atoms with Crippen molar-refractivity contribution in [3.8, 4) is 0 Å². The summed E-state index contributed by atoms with van der Waals surface area (Å²) in [5, 5.41) is 0. The van der Waals surface area contributed by atoms with Gasteiger partial charge in [-0.1, -0.05) is 6.07 Å². The molecule has 0 radical (unpaired) electrons. The van der Waals surface area contributed by atoms with Crippen LogP contribution in [-0.2, 0) is 0 Å². The van der Waals surface area contributed by atoms with Crippen molar-refractivity contribution in [3.05, 3.63) is 34.9 Å². The summed E-state index contributed by atoms with van der Waals surface area (Å²) in [5.74, 6) is 0.142. The number of hydrogen-bond acceptors (Lipinski definition) is 3. The third kappa shape index (κ3) is 3.44. The zero-order valence-electron chi connectivity index (χ0n) is 13.6. The molecule has 1 saturated heterocycles. The van der Waals surface area contributed by atoms with Crippen LogP contribution in [0.15, 0.2) is 18.2 Å². The SMILES string of the molecule is Cc1ccc(C(=O)N2CCN(C(C)(C)CN)CC2)cc1C. The van der Waals surface area contributed by atoms with E-state index in [1.165, 1.54) is 11.1 Å². The topological polar surface area (TPSA) is 49.6 Å². The molecule has 0 aliphatic carbocycles. The molecule has 1 aliphatic rings. The Hall–Kier alpha value is -1.39. The Bertz CT molecular complexity index is 517. The summed E-state index contributed by atoms with van der Waals surface area (Å²) in [6, 6.07) is 5.95. The molecule has 0 aromatic heterocycles. The molecule has 1 fully saturated rings. The lowest BCUT2D eigenvalue weighted by molar-refractivity contribution is 0.0426. The van der Waals surface area contributed by atoms with E-state index in [0.717, 1.165) is 31.7 Å². The number of carbonyl (C=O) groups excluding carboxylic acids is 1. The van der Waals surface area contributed by atoms with Gasteiger partial charge >= 0.3 is 0 Å². The van der Waals surface area contributed by atoms with Gasteiger partial charge in [0.1, 0.15) is 0 Å². The van der Waals surface area contributed by atoms with Gasteiger partial charge in [0.05, 0.1) is 0 Å². The van der Waals surface area contributed by atoms with E-state index in [0.29, 0.717) is 6.54 Å². The summed E-state index contributed by atoms with van der Waals surface area (Å²) in [4.78, 5) is 16.9. The Morgan fingerprint density at radius 2 is 1.76 bits per heavy atom. The molecule has 0 saturated carbocycles. The van der Waals surface area contributed by atoms with Gasteiger partial charge in [0.15, 0.2) is 0 Å². The molecule has 2 N–H and O–H groups in total. The van der Waals surface area contributed by atoms with Crippen molar-refractivity contribution in [2.45, 2.75) is 33.2 Å². The number of carbonyl (C=O) groups is 1. The molecule has 116 valence electrons. The second-order valence-corrected chi connectivity index (χ2v) is 6.59. The van der Waals surface area contributed by atoms with E-state index in [1.807, 2.05) is 30.0 Å². The van der Waals surface area contributed by atoms with Crippen LogP contribution in [0.25, 0.3) is 0 Å². The predicted molar refractivity (Wildman–Crippen MR) is 86.5 cm³/mol. The monoisotopic (exact) mass is 289 g/mol. The molecule has 0 atom stereocenters. The molecule has 0 bridgehead atoms. The predicted octanol–water partition coefficient (Wildman–Crippen LogP) is 1.80. The molecule has 4 heteroatoms. The lowest BCUT2D eigenvalue weighted by Crippen LogP contribution is -2.58. The fraction of sp³-hybridized carbons (Fsp3) is 0.588. The Kier molecular flexibility index (Phi) is 4.69. The molecule has 1 aromatic carbocycles. The van der Waals surface area contributed by atoms with Crippen molar-refractivity contribution >= 4 is 5.91 Å². The van der Waals surface area contributed by atoms with E-state index in [4.69, 9.17) is 5.73 Å². The molecule has 2 rings (SSSR count). The van der Waals surface area contributed by atoms with Crippen molar-refractivity contribution in [2.75, 3.05) is 32.7 Å². The van der Waals surface area contributed by atoms with Gasteiger partial charge in [-0.3, -0.25) is 9.69 Å². The van der Waals surface area contributed by atoms with E-state index in [9.17, 15) is 4.79 Å². The first-order chi connectivity index (χ1) is 9.85. The lowest BCUT2D eigenvalue weighted by atomic mass is 10.0. The molecule has 1 heterocycles. The molecule has 0 spiro atoms. The number of nitrogens with zero attached hydrogens (tertiary/aromatic N) is 2. The second kappa shape index (κ2) is 6.16. The van der Waals surface area contributed by atoms with Crippen LogP contribution in [0.3, 0.4) is 0 Å². The van der Waals surface area contributed by atoms with Crippen LogP contribution in [0.1, 0.15) is 35.3 Å². The largest absolute Gasteiger partial charge is 0.336 e. The van der Waals surface area contributed by atoms with Crippen LogP contribution < -0.4 is 5.73 Å². The van der Waals surface area contributed by atoms with Crippen LogP contribution in [0.2, 0.25) is 0 Å². The quantitative estimate of drug-likeness (QED) is 0.923. The summed E-state index contributed by atoms with van der Waals surface area (Å²) >= 11 is 0. The van der Waals surface area contributed by atoms with Crippen molar-refractivity contribution in [3.63, 3.8) is 0 Å². The molecular formula is C17H27N3O. The molecule has 1 amide bonds. The highest BCUT2D eigenvalue weighted by atomic mass is 16.2. The maximum absolute atomic E-state index is 12.6. The highest BCUT2D eigenvalue weighted by Crippen LogP contribution is 2.18. The van der Waals surface area contributed by atoms with E-state index >= 15 is 0 Å². The normalized spacial score (nSPS) is 17.1. The highest BCUT2D eigenvalue weighted by molar-refractivity contribution is 5.94. The van der Waals surface area contributed by atoms with Gasteiger partial charge in [0.25, 0.3) is 5.91 Å². The maximum atomic E-state index is 12.6. The zero-order valence-corrected chi connectivity index (χ0v) is 13.6.